The number of anilines is 1. The summed E-state index contributed by atoms with van der Waals surface area (Å²) < 4.78 is 11.0. The lowest BCUT2D eigenvalue weighted by Crippen LogP contribution is -2.38. The molecule has 2 N–H and O–H groups in total. The highest BCUT2D eigenvalue weighted by molar-refractivity contribution is 7.16. The van der Waals surface area contributed by atoms with Crippen LogP contribution in [0, 0.1) is 5.92 Å². The molecule has 0 radical (unpaired) electrons. The van der Waals surface area contributed by atoms with Crippen LogP contribution in [0.2, 0.25) is 5.02 Å². The molecule has 0 bridgehead atoms. The Morgan fingerprint density at radius 2 is 1.91 bits per heavy atom. The van der Waals surface area contributed by atoms with Crippen molar-refractivity contribution >= 4 is 39.8 Å². The number of hydrogen-bond acceptors (Lipinski definition) is 6. The van der Waals surface area contributed by atoms with Crippen LogP contribution in [0.4, 0.5) is 5.00 Å². The number of benzene rings is 2. The summed E-state index contributed by atoms with van der Waals surface area (Å²) in [6.45, 7) is 2.26. The van der Waals surface area contributed by atoms with Gasteiger partial charge in [-0.1, -0.05) is 24.6 Å². The number of hydrogen-bond donors (Lipinski definition) is 2. The van der Waals surface area contributed by atoms with Gasteiger partial charge < -0.3 is 20.1 Å². The van der Waals surface area contributed by atoms with Crippen molar-refractivity contribution in [2.24, 2.45) is 5.92 Å². The zero-order chi connectivity index (χ0) is 23.1. The number of nitrogens with one attached hydrogen (secondary N) is 2. The van der Waals surface area contributed by atoms with Crippen molar-refractivity contribution in [3.8, 4) is 11.5 Å². The minimum atomic E-state index is -0.509. The van der Waals surface area contributed by atoms with Gasteiger partial charge in [-0.2, -0.15) is 0 Å². The van der Waals surface area contributed by atoms with Crippen LogP contribution in [-0.4, -0.2) is 19.0 Å². The summed E-state index contributed by atoms with van der Waals surface area (Å²) in [5, 5.41) is 7.99. The molecule has 1 aliphatic carbocycles. The molecule has 6 nitrogen and oxygen atoms in total. The van der Waals surface area contributed by atoms with Crippen LogP contribution >= 0.6 is 22.9 Å². The number of rotatable bonds is 4. The number of ether oxygens (including phenoxy) is 2. The molecule has 170 valence electrons. The molecule has 0 fully saturated rings. The highest BCUT2D eigenvalue weighted by Crippen LogP contribution is 2.43. The van der Waals surface area contributed by atoms with Crippen molar-refractivity contribution in [2.45, 2.75) is 32.4 Å². The Balaban J connectivity index is 1.38. The van der Waals surface area contributed by atoms with Crippen molar-refractivity contribution in [3.05, 3.63) is 74.6 Å². The predicted molar refractivity (Wildman–Crippen MR) is 129 cm³/mol. The van der Waals surface area contributed by atoms with Gasteiger partial charge in [-0.05, 0) is 72.7 Å². The molecular weight excluding hydrogens is 460 g/mol. The van der Waals surface area contributed by atoms with E-state index in [0.717, 1.165) is 35.4 Å². The lowest BCUT2D eigenvalue weighted by molar-refractivity contribution is 0.0729. The first kappa shape index (κ1) is 21.8. The molecule has 0 saturated carbocycles. The van der Waals surface area contributed by atoms with Gasteiger partial charge in [0.15, 0.2) is 11.5 Å². The van der Waals surface area contributed by atoms with Gasteiger partial charge in [-0.3, -0.25) is 4.79 Å². The normalized spacial score (nSPS) is 19.1. The monoisotopic (exact) mass is 482 g/mol. The summed E-state index contributed by atoms with van der Waals surface area (Å²) in [6.07, 6.45) is 2.68. The van der Waals surface area contributed by atoms with E-state index in [2.05, 4.69) is 17.6 Å². The van der Waals surface area contributed by atoms with Gasteiger partial charge in [0.25, 0.3) is 5.91 Å². The molecule has 3 aromatic rings. The lowest BCUT2D eigenvalue weighted by atomic mass is 9.88. The van der Waals surface area contributed by atoms with E-state index in [-0.39, 0.29) is 5.91 Å². The topological polar surface area (TPSA) is 76.7 Å². The Morgan fingerprint density at radius 3 is 2.67 bits per heavy atom. The van der Waals surface area contributed by atoms with E-state index in [1.807, 2.05) is 6.07 Å². The largest absolute Gasteiger partial charge is 0.493 e. The summed E-state index contributed by atoms with van der Waals surface area (Å²) >= 11 is 7.57. The number of methoxy groups -OCH3 is 1. The molecule has 5 rings (SSSR count). The SMILES string of the molecule is COc1cc([C@H]2NC(=O)c3c(sc4c3CC[C@H](C)C4)N2)ccc1OC(=O)c1ccc(Cl)cc1. The van der Waals surface area contributed by atoms with Gasteiger partial charge >= 0.3 is 5.97 Å². The highest BCUT2D eigenvalue weighted by Gasteiger charge is 2.33. The summed E-state index contributed by atoms with van der Waals surface area (Å²) in [5.74, 6) is 0.771. The zero-order valence-electron chi connectivity index (χ0n) is 18.2. The minimum Gasteiger partial charge on any atom is -0.493 e. The molecule has 2 atom stereocenters. The number of halogens is 1. The number of carbonyl (C=O) groups is 2. The van der Waals surface area contributed by atoms with Gasteiger partial charge in [0, 0.05) is 9.90 Å². The van der Waals surface area contributed by atoms with Crippen molar-refractivity contribution in [1.29, 1.82) is 0 Å². The number of esters is 1. The second-order valence-electron chi connectivity index (χ2n) is 8.41. The predicted octanol–water partition coefficient (Wildman–Crippen LogP) is 5.61. The molecule has 1 aliphatic heterocycles. The fourth-order valence-electron chi connectivity index (χ4n) is 4.32. The van der Waals surface area contributed by atoms with Gasteiger partial charge in [-0.15, -0.1) is 11.3 Å². The third kappa shape index (κ3) is 4.18. The van der Waals surface area contributed by atoms with Crippen LogP contribution in [0.1, 0.15) is 56.2 Å². The van der Waals surface area contributed by atoms with E-state index in [9.17, 15) is 9.59 Å². The van der Waals surface area contributed by atoms with Crippen molar-refractivity contribution in [1.82, 2.24) is 5.32 Å². The summed E-state index contributed by atoms with van der Waals surface area (Å²) in [5.41, 5.74) is 3.17. The molecule has 2 aliphatic rings. The van der Waals surface area contributed by atoms with Gasteiger partial charge in [-0.25, -0.2) is 4.79 Å². The average Bonchev–Trinajstić information content (AvgIpc) is 3.17. The van der Waals surface area contributed by atoms with Gasteiger partial charge in [0.05, 0.1) is 18.2 Å². The van der Waals surface area contributed by atoms with Gasteiger partial charge in [0.2, 0.25) is 0 Å². The minimum absolute atomic E-state index is 0.0574. The first-order valence-corrected chi connectivity index (χ1v) is 12.0. The van der Waals surface area contributed by atoms with Crippen LogP contribution < -0.4 is 20.1 Å². The number of thiophene rings is 1. The molecule has 1 aromatic heterocycles. The summed E-state index contributed by atoms with van der Waals surface area (Å²) in [4.78, 5) is 26.8. The van der Waals surface area contributed by atoms with E-state index in [0.29, 0.717) is 28.0 Å². The number of fused-ring (bicyclic) bond motifs is 3. The fraction of sp³-hybridized carbons (Fsp3) is 0.280. The summed E-state index contributed by atoms with van der Waals surface area (Å²) in [7, 11) is 1.51. The Bertz CT molecular complexity index is 1240. The zero-order valence-corrected chi connectivity index (χ0v) is 19.8. The van der Waals surface area contributed by atoms with E-state index >= 15 is 0 Å². The molecule has 1 amide bonds. The highest BCUT2D eigenvalue weighted by atomic mass is 35.5. The number of carbonyl (C=O) groups excluding carboxylic acids is 2. The van der Waals surface area contributed by atoms with E-state index in [1.54, 1.807) is 47.7 Å². The van der Waals surface area contributed by atoms with Crippen LogP contribution in [0.25, 0.3) is 0 Å². The maximum absolute atomic E-state index is 13.0. The maximum atomic E-state index is 13.0. The van der Waals surface area contributed by atoms with Crippen LogP contribution in [0.3, 0.4) is 0 Å². The van der Waals surface area contributed by atoms with E-state index in [4.69, 9.17) is 21.1 Å². The van der Waals surface area contributed by atoms with Crippen molar-refractivity contribution in [2.75, 3.05) is 12.4 Å². The Hall–Kier alpha value is -3.03. The molecule has 2 aromatic carbocycles. The van der Waals surface area contributed by atoms with Crippen LogP contribution in [-0.2, 0) is 12.8 Å². The quantitative estimate of drug-likeness (QED) is 0.373. The summed E-state index contributed by atoms with van der Waals surface area (Å²) in [6, 6.07) is 11.7. The lowest BCUT2D eigenvalue weighted by Gasteiger charge is -2.27. The van der Waals surface area contributed by atoms with Gasteiger partial charge in [0.1, 0.15) is 11.2 Å². The number of amides is 1. The molecule has 8 heteroatoms. The Labute approximate surface area is 200 Å². The second kappa shape index (κ2) is 8.72. The standard InChI is InChI=1S/C25H23ClN2O4S/c1-13-3-9-17-20(11-13)33-24-21(17)23(29)27-22(28-24)15-6-10-18(19(12-15)31-2)32-25(30)14-4-7-16(26)8-5-14/h4-8,10,12-13,22,28H,3,9,11H2,1-2H3,(H,27,29)/t13-,22-/m0/s1. The van der Waals surface area contributed by atoms with Crippen molar-refractivity contribution < 1.29 is 19.1 Å². The Kier molecular flexibility index (Phi) is 5.76. The second-order valence-corrected chi connectivity index (χ2v) is 9.96. The third-order valence-corrected chi connectivity index (χ3v) is 7.53. The fourth-order valence-corrected chi connectivity index (χ4v) is 5.88. The molecule has 0 unspecified atom stereocenters. The molecular formula is C25H23ClN2O4S. The molecule has 33 heavy (non-hydrogen) atoms. The van der Waals surface area contributed by atoms with Crippen LogP contribution in [0.15, 0.2) is 42.5 Å². The van der Waals surface area contributed by atoms with Crippen LogP contribution in [0.5, 0.6) is 11.5 Å². The van der Waals surface area contributed by atoms with Crippen molar-refractivity contribution in [3.63, 3.8) is 0 Å². The first-order chi connectivity index (χ1) is 15.9. The Morgan fingerprint density at radius 1 is 1.12 bits per heavy atom. The first-order valence-electron chi connectivity index (χ1n) is 10.8. The van der Waals surface area contributed by atoms with E-state index < -0.39 is 12.1 Å². The average molecular weight is 483 g/mol. The molecule has 0 spiro atoms. The molecule has 2 heterocycles. The third-order valence-electron chi connectivity index (χ3n) is 6.09. The smallest absolute Gasteiger partial charge is 0.343 e. The molecule has 0 saturated heterocycles. The van der Waals surface area contributed by atoms with E-state index in [1.165, 1.54) is 17.6 Å². The maximum Gasteiger partial charge on any atom is 0.343 e.